The second-order valence-corrected chi connectivity index (χ2v) is 4.10. The van der Waals surface area contributed by atoms with Crippen molar-refractivity contribution in [3.63, 3.8) is 0 Å². The summed E-state index contributed by atoms with van der Waals surface area (Å²) in [6, 6.07) is 8.35. The van der Waals surface area contributed by atoms with Crippen molar-refractivity contribution >= 4 is 17.4 Å². The third-order valence-electron chi connectivity index (χ3n) is 2.64. The second kappa shape index (κ2) is 4.31. The zero-order valence-electron chi connectivity index (χ0n) is 9.22. The van der Waals surface area contributed by atoms with Gasteiger partial charge in [0.2, 0.25) is 6.79 Å². The van der Waals surface area contributed by atoms with Gasteiger partial charge >= 0.3 is 0 Å². The van der Waals surface area contributed by atoms with Crippen LogP contribution in [0.2, 0.25) is 5.15 Å². The summed E-state index contributed by atoms with van der Waals surface area (Å²) in [5, 5.41) is 0.195. The number of ether oxygens (including phenoxy) is 2. The molecule has 1 aromatic heterocycles. The fourth-order valence-electron chi connectivity index (χ4n) is 1.75. The Kier molecular flexibility index (Phi) is 2.64. The number of halogens is 1. The molecule has 0 radical (unpaired) electrons. The smallest absolute Gasteiger partial charge is 0.231 e. The molecule has 1 aliphatic heterocycles. The van der Waals surface area contributed by atoms with Crippen LogP contribution in [0.25, 0.3) is 0 Å². The van der Waals surface area contributed by atoms with Crippen LogP contribution in [0, 0.1) is 0 Å². The van der Waals surface area contributed by atoms with E-state index in [0.29, 0.717) is 22.6 Å². The molecular weight excluding hydrogens is 254 g/mol. The lowest BCUT2D eigenvalue weighted by Crippen LogP contribution is -2.02. The molecule has 4 nitrogen and oxygen atoms in total. The number of pyridine rings is 1. The van der Waals surface area contributed by atoms with Gasteiger partial charge in [0.1, 0.15) is 5.15 Å². The zero-order valence-corrected chi connectivity index (χ0v) is 9.98. The molecule has 3 rings (SSSR count). The SMILES string of the molecule is O=C(c1ccc2c(c1)OCO2)c1cccnc1Cl. The number of rotatable bonds is 2. The Hall–Kier alpha value is -2.07. The number of ketones is 1. The van der Waals surface area contributed by atoms with Gasteiger partial charge in [0.05, 0.1) is 5.56 Å². The van der Waals surface area contributed by atoms with Gasteiger partial charge in [-0.1, -0.05) is 11.6 Å². The van der Waals surface area contributed by atoms with Crippen LogP contribution in [-0.4, -0.2) is 17.6 Å². The van der Waals surface area contributed by atoms with E-state index >= 15 is 0 Å². The second-order valence-electron chi connectivity index (χ2n) is 3.74. The maximum atomic E-state index is 12.2. The summed E-state index contributed by atoms with van der Waals surface area (Å²) in [5.41, 5.74) is 0.868. The highest BCUT2D eigenvalue weighted by Crippen LogP contribution is 2.33. The molecule has 90 valence electrons. The zero-order chi connectivity index (χ0) is 12.5. The highest BCUT2D eigenvalue weighted by molar-refractivity contribution is 6.33. The van der Waals surface area contributed by atoms with Gasteiger partial charge in [-0.2, -0.15) is 0 Å². The minimum absolute atomic E-state index is 0.181. The minimum Gasteiger partial charge on any atom is -0.454 e. The molecule has 0 atom stereocenters. The van der Waals surface area contributed by atoms with E-state index in [2.05, 4.69) is 4.98 Å². The first-order valence-electron chi connectivity index (χ1n) is 5.30. The van der Waals surface area contributed by atoms with Gasteiger partial charge in [-0.25, -0.2) is 4.98 Å². The van der Waals surface area contributed by atoms with E-state index in [-0.39, 0.29) is 17.7 Å². The van der Waals surface area contributed by atoms with Crippen molar-refractivity contribution in [2.75, 3.05) is 6.79 Å². The predicted octanol–water partition coefficient (Wildman–Crippen LogP) is 2.69. The van der Waals surface area contributed by atoms with E-state index in [4.69, 9.17) is 21.1 Å². The first kappa shape index (κ1) is 11.0. The summed E-state index contributed by atoms with van der Waals surface area (Å²) in [5.74, 6) is 1.02. The van der Waals surface area contributed by atoms with Crippen molar-refractivity contribution in [1.29, 1.82) is 0 Å². The number of hydrogen-bond donors (Lipinski definition) is 0. The molecule has 2 aromatic rings. The molecule has 2 heterocycles. The van der Waals surface area contributed by atoms with Crippen LogP contribution in [0.5, 0.6) is 11.5 Å². The van der Waals surface area contributed by atoms with Crippen LogP contribution in [0.15, 0.2) is 36.5 Å². The molecule has 0 saturated heterocycles. The number of aromatic nitrogens is 1. The number of carbonyl (C=O) groups is 1. The van der Waals surface area contributed by atoms with Crippen molar-refractivity contribution in [2.45, 2.75) is 0 Å². The molecule has 0 bridgehead atoms. The number of nitrogens with zero attached hydrogens (tertiary/aromatic N) is 1. The topological polar surface area (TPSA) is 48.4 Å². The summed E-state index contributed by atoms with van der Waals surface area (Å²) in [4.78, 5) is 16.1. The van der Waals surface area contributed by atoms with Gasteiger partial charge in [0.15, 0.2) is 17.3 Å². The molecule has 0 unspecified atom stereocenters. The minimum atomic E-state index is -0.189. The van der Waals surface area contributed by atoms with E-state index in [1.807, 2.05) is 0 Å². The Bertz CT molecular complexity index is 627. The Morgan fingerprint density at radius 3 is 2.89 bits per heavy atom. The molecule has 0 fully saturated rings. The van der Waals surface area contributed by atoms with Crippen LogP contribution in [0.4, 0.5) is 0 Å². The Balaban J connectivity index is 2.01. The van der Waals surface area contributed by atoms with Crippen LogP contribution in [0.3, 0.4) is 0 Å². The Morgan fingerprint density at radius 1 is 1.22 bits per heavy atom. The lowest BCUT2D eigenvalue weighted by atomic mass is 10.0. The summed E-state index contributed by atoms with van der Waals surface area (Å²) in [6.45, 7) is 0.181. The van der Waals surface area contributed by atoms with E-state index in [9.17, 15) is 4.79 Å². The Labute approximate surface area is 108 Å². The summed E-state index contributed by atoms with van der Waals surface area (Å²) < 4.78 is 10.4. The van der Waals surface area contributed by atoms with E-state index in [1.54, 1.807) is 36.5 Å². The molecular formula is C13H8ClNO3. The third-order valence-corrected chi connectivity index (χ3v) is 2.94. The predicted molar refractivity (Wildman–Crippen MR) is 65.2 cm³/mol. The van der Waals surface area contributed by atoms with E-state index in [1.165, 1.54) is 0 Å². The molecule has 0 spiro atoms. The third kappa shape index (κ3) is 1.80. The normalized spacial score (nSPS) is 12.5. The van der Waals surface area contributed by atoms with Crippen molar-refractivity contribution < 1.29 is 14.3 Å². The van der Waals surface area contributed by atoms with Gasteiger partial charge in [0.25, 0.3) is 0 Å². The lowest BCUT2D eigenvalue weighted by Gasteiger charge is -2.03. The average Bonchev–Trinajstić information content (AvgIpc) is 2.85. The summed E-state index contributed by atoms with van der Waals surface area (Å²) >= 11 is 5.90. The van der Waals surface area contributed by atoms with Gasteiger partial charge in [-0.15, -0.1) is 0 Å². The average molecular weight is 262 g/mol. The van der Waals surface area contributed by atoms with Crippen LogP contribution in [0.1, 0.15) is 15.9 Å². The van der Waals surface area contributed by atoms with Gasteiger partial charge in [-0.05, 0) is 30.3 Å². The molecule has 1 aromatic carbocycles. The molecule has 0 aliphatic carbocycles. The van der Waals surface area contributed by atoms with Crippen molar-refractivity contribution in [1.82, 2.24) is 4.98 Å². The fraction of sp³-hybridized carbons (Fsp3) is 0.0769. The van der Waals surface area contributed by atoms with Gasteiger partial charge in [0, 0.05) is 11.8 Å². The Morgan fingerprint density at radius 2 is 2.06 bits per heavy atom. The van der Waals surface area contributed by atoms with Gasteiger partial charge in [-0.3, -0.25) is 4.79 Å². The number of hydrogen-bond acceptors (Lipinski definition) is 4. The van der Waals surface area contributed by atoms with Crippen LogP contribution < -0.4 is 9.47 Å². The first-order chi connectivity index (χ1) is 8.75. The molecule has 18 heavy (non-hydrogen) atoms. The fourth-order valence-corrected chi connectivity index (χ4v) is 1.95. The van der Waals surface area contributed by atoms with E-state index in [0.717, 1.165) is 0 Å². The molecule has 5 heteroatoms. The van der Waals surface area contributed by atoms with Crippen molar-refractivity contribution in [2.24, 2.45) is 0 Å². The van der Waals surface area contributed by atoms with Crippen LogP contribution in [-0.2, 0) is 0 Å². The van der Waals surface area contributed by atoms with E-state index < -0.39 is 0 Å². The van der Waals surface area contributed by atoms with Gasteiger partial charge < -0.3 is 9.47 Å². The monoisotopic (exact) mass is 261 g/mol. The summed E-state index contributed by atoms with van der Waals surface area (Å²) in [7, 11) is 0. The largest absolute Gasteiger partial charge is 0.454 e. The number of benzene rings is 1. The first-order valence-corrected chi connectivity index (χ1v) is 5.68. The molecule has 0 N–H and O–H groups in total. The molecule has 0 saturated carbocycles. The number of carbonyl (C=O) groups excluding carboxylic acids is 1. The van der Waals surface area contributed by atoms with Crippen molar-refractivity contribution in [3.05, 3.63) is 52.8 Å². The molecule has 0 amide bonds. The maximum absolute atomic E-state index is 12.2. The highest BCUT2D eigenvalue weighted by Gasteiger charge is 2.18. The quantitative estimate of drug-likeness (QED) is 0.616. The van der Waals surface area contributed by atoms with Crippen LogP contribution >= 0.6 is 11.6 Å². The lowest BCUT2D eigenvalue weighted by molar-refractivity contribution is 0.103. The maximum Gasteiger partial charge on any atom is 0.231 e. The highest BCUT2D eigenvalue weighted by atomic mass is 35.5. The number of fused-ring (bicyclic) bond motifs is 1. The van der Waals surface area contributed by atoms with Crippen molar-refractivity contribution in [3.8, 4) is 11.5 Å². The standard InChI is InChI=1S/C13H8ClNO3/c14-13-9(2-1-5-15-13)12(16)8-3-4-10-11(6-8)18-7-17-10/h1-6H,7H2. The summed E-state index contributed by atoms with van der Waals surface area (Å²) in [6.07, 6.45) is 1.54. The molecule has 1 aliphatic rings.